The summed E-state index contributed by atoms with van der Waals surface area (Å²) in [5.74, 6) is 0.106. The summed E-state index contributed by atoms with van der Waals surface area (Å²) < 4.78 is 10.3. The number of methoxy groups -OCH3 is 1. The molecule has 0 aliphatic carbocycles. The third-order valence-corrected chi connectivity index (χ3v) is 4.77. The molecule has 3 N–H and O–H groups in total. The van der Waals surface area contributed by atoms with Gasteiger partial charge in [-0.2, -0.15) is 0 Å². The molecule has 2 aromatic carbocycles. The fourth-order valence-electron chi connectivity index (χ4n) is 2.88. The van der Waals surface area contributed by atoms with Gasteiger partial charge in [0.25, 0.3) is 0 Å². The maximum atomic E-state index is 12.8. The molecule has 164 valence electrons. The first-order valence-corrected chi connectivity index (χ1v) is 10.1. The van der Waals surface area contributed by atoms with Gasteiger partial charge in [0.05, 0.1) is 13.7 Å². The van der Waals surface area contributed by atoms with Gasteiger partial charge >= 0.3 is 6.09 Å². The molecule has 0 radical (unpaired) electrons. The van der Waals surface area contributed by atoms with E-state index in [1.807, 2.05) is 30.3 Å². The number of carbonyl (C=O) groups is 2. The molecule has 0 bridgehead atoms. The van der Waals surface area contributed by atoms with Crippen molar-refractivity contribution in [3.63, 3.8) is 0 Å². The van der Waals surface area contributed by atoms with Gasteiger partial charge in [-0.25, -0.2) is 10.3 Å². The molecule has 0 fully saturated rings. The second-order valence-electron chi connectivity index (χ2n) is 6.83. The van der Waals surface area contributed by atoms with Gasteiger partial charge in [0, 0.05) is 17.5 Å². The van der Waals surface area contributed by atoms with Crippen LogP contribution in [0.5, 0.6) is 0 Å². The number of hydrogen-bond acceptors (Lipinski definition) is 6. The van der Waals surface area contributed by atoms with E-state index in [9.17, 15) is 9.59 Å². The summed E-state index contributed by atoms with van der Waals surface area (Å²) in [6.45, 7) is 0.310. The Hall–Kier alpha value is -3.23. The van der Waals surface area contributed by atoms with E-state index in [4.69, 9.17) is 25.9 Å². The molecular weight excluding hydrogens is 422 g/mol. The highest BCUT2D eigenvalue weighted by molar-refractivity contribution is 6.30. The third-order valence-electron chi connectivity index (χ3n) is 4.52. The van der Waals surface area contributed by atoms with Gasteiger partial charge in [0.2, 0.25) is 11.8 Å². The lowest BCUT2D eigenvalue weighted by molar-refractivity contribution is -0.123. The summed E-state index contributed by atoms with van der Waals surface area (Å²) in [6, 6.07) is 15.5. The van der Waals surface area contributed by atoms with Gasteiger partial charge in [-0.3, -0.25) is 9.63 Å². The standard InChI is InChI=1S/C22H24ClN3O5/c1-29-20-12-18(31-26-20)13-24-21(27)19(11-15-7-9-17(23)10-8-15)25-22(28)30-14-16-5-3-2-4-6-16/h2-10,12,18-19,26H,11,13-14H2,1H3,(H,24,27)(H,25,28)/t18?,19-/m0/s1. The van der Waals surface area contributed by atoms with Crippen LogP contribution < -0.4 is 16.1 Å². The van der Waals surface area contributed by atoms with Crippen LogP contribution in [0.3, 0.4) is 0 Å². The molecule has 0 saturated carbocycles. The number of nitrogens with one attached hydrogen (secondary N) is 3. The Bertz CT molecular complexity index is 905. The van der Waals surface area contributed by atoms with Crippen molar-refractivity contribution in [3.8, 4) is 0 Å². The molecule has 8 nitrogen and oxygen atoms in total. The van der Waals surface area contributed by atoms with Gasteiger partial charge in [-0.05, 0) is 23.3 Å². The predicted molar refractivity (Wildman–Crippen MR) is 115 cm³/mol. The highest BCUT2D eigenvalue weighted by Crippen LogP contribution is 2.12. The van der Waals surface area contributed by atoms with E-state index in [2.05, 4.69) is 16.1 Å². The molecule has 3 rings (SSSR count). The molecule has 0 aromatic heterocycles. The van der Waals surface area contributed by atoms with Crippen LogP contribution in [0.2, 0.25) is 5.02 Å². The summed E-state index contributed by atoms with van der Waals surface area (Å²) in [5.41, 5.74) is 4.30. The van der Waals surface area contributed by atoms with E-state index < -0.39 is 12.1 Å². The smallest absolute Gasteiger partial charge is 0.408 e. The number of halogens is 1. The van der Waals surface area contributed by atoms with E-state index in [0.717, 1.165) is 11.1 Å². The number of ether oxygens (including phenoxy) is 2. The van der Waals surface area contributed by atoms with Gasteiger partial charge in [-0.1, -0.05) is 54.1 Å². The Morgan fingerprint density at radius 1 is 1.13 bits per heavy atom. The number of amides is 2. The molecule has 1 aliphatic rings. The molecule has 2 aromatic rings. The molecule has 1 aliphatic heterocycles. The highest BCUT2D eigenvalue weighted by atomic mass is 35.5. The Morgan fingerprint density at radius 3 is 2.55 bits per heavy atom. The number of alkyl carbamates (subject to hydrolysis) is 1. The largest absolute Gasteiger partial charge is 0.481 e. The Morgan fingerprint density at radius 2 is 1.87 bits per heavy atom. The van der Waals surface area contributed by atoms with E-state index in [0.29, 0.717) is 10.9 Å². The predicted octanol–water partition coefficient (Wildman–Crippen LogP) is 2.68. The van der Waals surface area contributed by atoms with Crippen molar-refractivity contribution in [1.82, 2.24) is 16.1 Å². The third kappa shape index (κ3) is 7.20. The van der Waals surface area contributed by atoms with Gasteiger partial charge in [0.15, 0.2) is 0 Å². The van der Waals surface area contributed by atoms with Crippen molar-refractivity contribution in [1.29, 1.82) is 0 Å². The summed E-state index contributed by atoms with van der Waals surface area (Å²) in [6.07, 6.45) is 0.904. The molecule has 0 saturated heterocycles. The number of hydroxylamine groups is 1. The van der Waals surface area contributed by atoms with E-state index in [1.54, 1.807) is 30.3 Å². The maximum absolute atomic E-state index is 12.8. The Labute approximate surface area is 185 Å². The highest BCUT2D eigenvalue weighted by Gasteiger charge is 2.24. The van der Waals surface area contributed by atoms with Crippen LogP contribution >= 0.6 is 11.6 Å². The molecule has 2 atom stereocenters. The second-order valence-corrected chi connectivity index (χ2v) is 7.26. The quantitative estimate of drug-likeness (QED) is 0.549. The first-order chi connectivity index (χ1) is 15.0. The van der Waals surface area contributed by atoms with Crippen molar-refractivity contribution in [3.05, 3.63) is 82.7 Å². The number of hydrogen-bond donors (Lipinski definition) is 3. The SMILES string of the molecule is COC1=CC(CNC(=O)[C@H](Cc2ccc(Cl)cc2)NC(=O)OCc2ccccc2)ON1. The first-order valence-electron chi connectivity index (χ1n) is 9.70. The van der Waals surface area contributed by atoms with Crippen LogP contribution in [0, 0.1) is 0 Å². The zero-order valence-corrected chi connectivity index (χ0v) is 17.7. The van der Waals surface area contributed by atoms with Crippen molar-refractivity contribution in [2.24, 2.45) is 0 Å². The van der Waals surface area contributed by atoms with Crippen LogP contribution in [0.25, 0.3) is 0 Å². The monoisotopic (exact) mass is 445 g/mol. The molecule has 2 amide bonds. The summed E-state index contributed by atoms with van der Waals surface area (Å²) in [7, 11) is 1.51. The van der Waals surface area contributed by atoms with Gasteiger partial charge in [-0.15, -0.1) is 0 Å². The number of rotatable bonds is 9. The lowest BCUT2D eigenvalue weighted by Crippen LogP contribution is -2.49. The molecule has 1 heterocycles. The van der Waals surface area contributed by atoms with Crippen LogP contribution in [0.15, 0.2) is 66.6 Å². The molecular formula is C22H24ClN3O5. The average Bonchev–Trinajstić information content (AvgIpc) is 3.26. The zero-order chi connectivity index (χ0) is 22.1. The van der Waals surface area contributed by atoms with Gasteiger partial charge in [0.1, 0.15) is 18.8 Å². The minimum absolute atomic E-state index is 0.105. The van der Waals surface area contributed by atoms with Gasteiger partial charge < -0.3 is 20.1 Å². The molecule has 31 heavy (non-hydrogen) atoms. The number of benzene rings is 2. The molecule has 9 heteroatoms. The van der Waals surface area contributed by atoms with Crippen molar-refractivity contribution < 1.29 is 23.9 Å². The fraction of sp³-hybridized carbons (Fsp3) is 0.273. The lowest BCUT2D eigenvalue weighted by Gasteiger charge is -2.19. The minimum atomic E-state index is -0.843. The summed E-state index contributed by atoms with van der Waals surface area (Å²) in [5, 5.41) is 6.01. The van der Waals surface area contributed by atoms with Crippen LogP contribution in [-0.2, 0) is 32.1 Å². The van der Waals surface area contributed by atoms with Crippen LogP contribution in [0.1, 0.15) is 11.1 Å². The zero-order valence-electron chi connectivity index (χ0n) is 17.0. The normalized spacial score (nSPS) is 15.9. The molecule has 1 unspecified atom stereocenters. The molecule has 0 spiro atoms. The lowest BCUT2D eigenvalue weighted by atomic mass is 10.1. The summed E-state index contributed by atoms with van der Waals surface area (Å²) in [4.78, 5) is 30.4. The van der Waals surface area contributed by atoms with Crippen LogP contribution in [-0.4, -0.2) is 37.8 Å². The van der Waals surface area contributed by atoms with Crippen molar-refractivity contribution in [2.75, 3.05) is 13.7 Å². The van der Waals surface area contributed by atoms with Crippen molar-refractivity contribution >= 4 is 23.6 Å². The van der Waals surface area contributed by atoms with Crippen LogP contribution in [0.4, 0.5) is 4.79 Å². The van der Waals surface area contributed by atoms with E-state index in [1.165, 1.54) is 7.11 Å². The topological polar surface area (TPSA) is 97.9 Å². The van der Waals surface area contributed by atoms with Crippen molar-refractivity contribution in [2.45, 2.75) is 25.2 Å². The average molecular weight is 446 g/mol. The first kappa shape index (κ1) is 22.5. The summed E-state index contributed by atoms with van der Waals surface area (Å²) >= 11 is 5.94. The Kier molecular flexibility index (Phi) is 8.14. The van der Waals surface area contributed by atoms with E-state index in [-0.39, 0.29) is 31.6 Å². The maximum Gasteiger partial charge on any atom is 0.408 e. The minimum Gasteiger partial charge on any atom is -0.481 e. The number of carbonyl (C=O) groups excluding carboxylic acids is 2. The fourth-order valence-corrected chi connectivity index (χ4v) is 3.00. The van der Waals surface area contributed by atoms with E-state index >= 15 is 0 Å². The Balaban J connectivity index is 1.59. The second kappa shape index (κ2) is 11.2.